The number of amides is 1. The van der Waals surface area contributed by atoms with E-state index in [-0.39, 0.29) is 18.0 Å². The Hall–Kier alpha value is -0.610. The fourth-order valence-corrected chi connectivity index (χ4v) is 0.813. The van der Waals surface area contributed by atoms with E-state index in [0.717, 1.165) is 0 Å². The van der Waals surface area contributed by atoms with Crippen LogP contribution in [0.15, 0.2) is 0 Å². The lowest BCUT2D eigenvalue weighted by Gasteiger charge is -2.27. The summed E-state index contributed by atoms with van der Waals surface area (Å²) in [7, 11) is 0. The lowest BCUT2D eigenvalue weighted by molar-refractivity contribution is -0.126. The van der Waals surface area contributed by atoms with Crippen LogP contribution in [0.2, 0.25) is 0 Å². The molecule has 64 valence electrons. The lowest BCUT2D eigenvalue weighted by atomic mass is 10.2. The highest BCUT2D eigenvalue weighted by atomic mass is 16.5. The fraction of sp³-hybridized carbons (Fsp3) is 0.857. The van der Waals surface area contributed by atoms with Gasteiger partial charge in [-0.3, -0.25) is 4.79 Å². The predicted octanol–water partition coefficient (Wildman–Crippen LogP) is -0.761. The van der Waals surface area contributed by atoms with E-state index in [1.807, 2.05) is 6.92 Å². The fourth-order valence-electron chi connectivity index (χ4n) is 0.813. The number of carbonyl (C=O) groups excluding carboxylic acids is 1. The summed E-state index contributed by atoms with van der Waals surface area (Å²) in [6.45, 7) is 3.14. The van der Waals surface area contributed by atoms with Crippen molar-refractivity contribution in [1.82, 2.24) is 5.32 Å². The second-order valence-corrected chi connectivity index (χ2v) is 2.76. The van der Waals surface area contributed by atoms with Crippen LogP contribution in [0.3, 0.4) is 0 Å². The SMILES string of the molecule is CC[C@H](N)C(=O)NC1COC1. The number of rotatable bonds is 3. The van der Waals surface area contributed by atoms with Crippen molar-refractivity contribution < 1.29 is 9.53 Å². The van der Waals surface area contributed by atoms with Crippen LogP contribution in [0.25, 0.3) is 0 Å². The van der Waals surface area contributed by atoms with Gasteiger partial charge in [0.25, 0.3) is 0 Å². The Labute approximate surface area is 66.1 Å². The molecule has 11 heavy (non-hydrogen) atoms. The molecular weight excluding hydrogens is 144 g/mol. The first-order valence-corrected chi connectivity index (χ1v) is 3.87. The molecule has 0 radical (unpaired) electrons. The third-order valence-corrected chi connectivity index (χ3v) is 1.76. The first kappa shape index (κ1) is 8.49. The summed E-state index contributed by atoms with van der Waals surface area (Å²) in [5, 5.41) is 2.78. The topological polar surface area (TPSA) is 64.4 Å². The minimum absolute atomic E-state index is 0.0687. The van der Waals surface area contributed by atoms with Gasteiger partial charge in [0.1, 0.15) is 0 Å². The van der Waals surface area contributed by atoms with Crippen molar-refractivity contribution in [1.29, 1.82) is 0 Å². The minimum atomic E-state index is -0.365. The molecule has 3 N–H and O–H groups in total. The summed E-state index contributed by atoms with van der Waals surface area (Å²) in [6.07, 6.45) is 0.680. The Morgan fingerprint density at radius 1 is 1.82 bits per heavy atom. The van der Waals surface area contributed by atoms with E-state index in [1.165, 1.54) is 0 Å². The molecule has 1 fully saturated rings. The van der Waals surface area contributed by atoms with Crippen LogP contribution < -0.4 is 11.1 Å². The van der Waals surface area contributed by atoms with Crippen molar-refractivity contribution in [3.05, 3.63) is 0 Å². The van der Waals surface area contributed by atoms with Gasteiger partial charge in [-0.2, -0.15) is 0 Å². The van der Waals surface area contributed by atoms with Crippen LogP contribution >= 0.6 is 0 Å². The molecule has 1 aliphatic rings. The third-order valence-electron chi connectivity index (χ3n) is 1.76. The monoisotopic (exact) mass is 158 g/mol. The largest absolute Gasteiger partial charge is 0.377 e. The molecule has 1 heterocycles. The van der Waals surface area contributed by atoms with Crippen LogP contribution in [-0.2, 0) is 9.53 Å². The molecule has 0 aromatic carbocycles. The molecule has 4 nitrogen and oxygen atoms in total. The summed E-state index contributed by atoms with van der Waals surface area (Å²) in [5.41, 5.74) is 5.49. The summed E-state index contributed by atoms with van der Waals surface area (Å²) in [6, 6.07) is -0.171. The predicted molar refractivity (Wildman–Crippen MR) is 41.0 cm³/mol. The van der Waals surface area contributed by atoms with Gasteiger partial charge in [0, 0.05) is 0 Å². The number of carbonyl (C=O) groups is 1. The molecule has 1 aliphatic heterocycles. The molecule has 1 amide bonds. The van der Waals surface area contributed by atoms with E-state index in [1.54, 1.807) is 0 Å². The Morgan fingerprint density at radius 2 is 2.45 bits per heavy atom. The smallest absolute Gasteiger partial charge is 0.237 e. The van der Waals surface area contributed by atoms with Gasteiger partial charge in [-0.25, -0.2) is 0 Å². The van der Waals surface area contributed by atoms with E-state index in [0.29, 0.717) is 19.6 Å². The molecule has 0 aliphatic carbocycles. The second kappa shape index (κ2) is 3.69. The maximum Gasteiger partial charge on any atom is 0.237 e. The van der Waals surface area contributed by atoms with E-state index < -0.39 is 0 Å². The Balaban J connectivity index is 2.19. The average molecular weight is 158 g/mol. The summed E-state index contributed by atoms with van der Waals surface area (Å²) in [5.74, 6) is -0.0687. The maximum absolute atomic E-state index is 11.1. The highest BCUT2D eigenvalue weighted by Crippen LogP contribution is 1.99. The van der Waals surface area contributed by atoms with Crippen molar-refractivity contribution in [2.45, 2.75) is 25.4 Å². The summed E-state index contributed by atoms with van der Waals surface area (Å²) in [4.78, 5) is 11.1. The molecule has 0 spiro atoms. The number of nitrogens with one attached hydrogen (secondary N) is 1. The van der Waals surface area contributed by atoms with Crippen molar-refractivity contribution in [2.75, 3.05) is 13.2 Å². The lowest BCUT2D eigenvalue weighted by Crippen LogP contribution is -2.53. The number of hydrogen-bond donors (Lipinski definition) is 2. The molecule has 0 bridgehead atoms. The highest BCUT2D eigenvalue weighted by molar-refractivity contribution is 5.81. The van der Waals surface area contributed by atoms with Gasteiger partial charge in [0.05, 0.1) is 25.3 Å². The van der Waals surface area contributed by atoms with Crippen LogP contribution in [0.1, 0.15) is 13.3 Å². The minimum Gasteiger partial charge on any atom is -0.377 e. The van der Waals surface area contributed by atoms with Crippen LogP contribution in [0, 0.1) is 0 Å². The molecular formula is C7H14N2O2. The van der Waals surface area contributed by atoms with Gasteiger partial charge in [-0.15, -0.1) is 0 Å². The van der Waals surface area contributed by atoms with E-state index in [2.05, 4.69) is 5.32 Å². The van der Waals surface area contributed by atoms with Crippen LogP contribution in [0.4, 0.5) is 0 Å². The summed E-state index contributed by atoms with van der Waals surface area (Å²) < 4.78 is 4.89. The molecule has 1 rings (SSSR count). The Bertz CT molecular complexity index is 145. The van der Waals surface area contributed by atoms with E-state index >= 15 is 0 Å². The van der Waals surface area contributed by atoms with Gasteiger partial charge in [0.2, 0.25) is 5.91 Å². The molecule has 1 saturated heterocycles. The Morgan fingerprint density at radius 3 is 2.82 bits per heavy atom. The molecule has 1 atom stereocenters. The zero-order valence-electron chi connectivity index (χ0n) is 6.67. The second-order valence-electron chi connectivity index (χ2n) is 2.76. The average Bonchev–Trinajstić information content (AvgIpc) is 1.94. The molecule has 0 unspecified atom stereocenters. The van der Waals surface area contributed by atoms with Gasteiger partial charge in [0.15, 0.2) is 0 Å². The van der Waals surface area contributed by atoms with Crippen molar-refractivity contribution in [2.24, 2.45) is 5.73 Å². The van der Waals surface area contributed by atoms with Crippen molar-refractivity contribution >= 4 is 5.91 Å². The number of ether oxygens (including phenoxy) is 1. The third kappa shape index (κ3) is 2.17. The first-order valence-electron chi connectivity index (χ1n) is 3.87. The highest BCUT2D eigenvalue weighted by Gasteiger charge is 2.22. The molecule has 4 heteroatoms. The first-order chi connectivity index (χ1) is 5.24. The van der Waals surface area contributed by atoms with E-state index in [4.69, 9.17) is 10.5 Å². The van der Waals surface area contributed by atoms with Gasteiger partial charge in [-0.1, -0.05) is 6.92 Å². The normalized spacial score (nSPS) is 20.5. The number of hydrogen-bond acceptors (Lipinski definition) is 3. The van der Waals surface area contributed by atoms with Crippen molar-refractivity contribution in [3.63, 3.8) is 0 Å². The quantitative estimate of drug-likeness (QED) is 0.567. The molecule has 0 aromatic rings. The maximum atomic E-state index is 11.1. The zero-order valence-corrected chi connectivity index (χ0v) is 6.67. The van der Waals surface area contributed by atoms with E-state index in [9.17, 15) is 4.79 Å². The van der Waals surface area contributed by atoms with Crippen molar-refractivity contribution in [3.8, 4) is 0 Å². The standard InChI is InChI=1S/C7H14N2O2/c1-2-6(8)7(10)9-5-3-11-4-5/h5-6H,2-4,8H2,1H3,(H,9,10)/t6-/m0/s1. The zero-order chi connectivity index (χ0) is 8.27. The molecule has 0 saturated carbocycles. The number of nitrogens with two attached hydrogens (primary N) is 1. The molecule has 0 aromatic heterocycles. The van der Waals surface area contributed by atoms with Crippen LogP contribution in [0.5, 0.6) is 0 Å². The Kier molecular flexibility index (Phi) is 2.84. The van der Waals surface area contributed by atoms with Gasteiger partial charge in [-0.05, 0) is 6.42 Å². The van der Waals surface area contributed by atoms with Gasteiger partial charge < -0.3 is 15.8 Å². The van der Waals surface area contributed by atoms with Crippen LogP contribution in [-0.4, -0.2) is 31.2 Å². The van der Waals surface area contributed by atoms with Gasteiger partial charge >= 0.3 is 0 Å². The summed E-state index contributed by atoms with van der Waals surface area (Å²) >= 11 is 0.